The van der Waals surface area contributed by atoms with Crippen LogP contribution in [0.4, 0.5) is 0 Å². The van der Waals surface area contributed by atoms with Crippen molar-refractivity contribution in [2.45, 2.75) is 25.8 Å². The highest BCUT2D eigenvalue weighted by Crippen LogP contribution is 2.12. The van der Waals surface area contributed by atoms with E-state index in [2.05, 4.69) is 29.1 Å². The molecule has 1 aliphatic heterocycles. The van der Waals surface area contributed by atoms with E-state index in [0.29, 0.717) is 12.5 Å². The van der Waals surface area contributed by atoms with E-state index >= 15 is 0 Å². The van der Waals surface area contributed by atoms with Crippen molar-refractivity contribution in [3.8, 4) is 0 Å². The van der Waals surface area contributed by atoms with Crippen molar-refractivity contribution in [3.05, 3.63) is 34.9 Å². The lowest BCUT2D eigenvalue weighted by Gasteiger charge is -2.36. The number of hydrogen-bond donors (Lipinski definition) is 1. The molecule has 122 valence electrons. The van der Waals surface area contributed by atoms with Crippen LogP contribution < -0.4 is 5.32 Å². The molecule has 1 atom stereocenters. The lowest BCUT2D eigenvalue weighted by atomic mass is 10.1. The maximum atomic E-state index is 12.0. The Morgan fingerprint density at radius 2 is 2.05 bits per heavy atom. The van der Waals surface area contributed by atoms with Gasteiger partial charge in [-0.15, -0.1) is 0 Å². The minimum Gasteiger partial charge on any atom is -0.355 e. The third-order valence-corrected chi connectivity index (χ3v) is 4.52. The first-order chi connectivity index (χ1) is 10.5. The molecule has 0 spiro atoms. The third-order valence-electron chi connectivity index (χ3n) is 4.29. The van der Waals surface area contributed by atoms with Crippen LogP contribution in [-0.2, 0) is 11.2 Å². The van der Waals surface area contributed by atoms with Crippen LogP contribution in [0.15, 0.2) is 24.3 Å². The predicted molar refractivity (Wildman–Crippen MR) is 91.3 cm³/mol. The Morgan fingerprint density at radius 3 is 2.73 bits per heavy atom. The van der Waals surface area contributed by atoms with Crippen LogP contribution in [0.3, 0.4) is 0 Å². The van der Waals surface area contributed by atoms with E-state index in [-0.39, 0.29) is 5.91 Å². The molecule has 1 saturated heterocycles. The Kier molecular flexibility index (Phi) is 6.68. The normalized spacial score (nSPS) is 18.1. The standard InChI is InChI=1S/C17H26ClN3O/c1-14(21-10-8-20(2)9-11-21)13-19-17(22)7-6-15-4-3-5-16(18)12-15/h3-5,12,14H,6-11,13H2,1-2H3,(H,19,22)/t14-/m1/s1. The highest BCUT2D eigenvalue weighted by atomic mass is 35.5. The first-order valence-electron chi connectivity index (χ1n) is 7.98. The van der Waals surface area contributed by atoms with Crippen molar-refractivity contribution in [1.29, 1.82) is 0 Å². The number of carbonyl (C=O) groups is 1. The summed E-state index contributed by atoms with van der Waals surface area (Å²) < 4.78 is 0. The number of nitrogens with zero attached hydrogens (tertiary/aromatic N) is 2. The van der Waals surface area contributed by atoms with E-state index in [1.54, 1.807) is 0 Å². The number of rotatable bonds is 6. The Bertz CT molecular complexity index is 487. The number of amides is 1. The molecule has 22 heavy (non-hydrogen) atoms. The second-order valence-electron chi connectivity index (χ2n) is 6.12. The van der Waals surface area contributed by atoms with Gasteiger partial charge in [0.05, 0.1) is 0 Å². The molecular weight excluding hydrogens is 298 g/mol. The van der Waals surface area contributed by atoms with Crippen molar-refractivity contribution in [1.82, 2.24) is 15.1 Å². The Hall–Kier alpha value is -1.10. The molecule has 1 heterocycles. The molecule has 0 radical (unpaired) electrons. The highest BCUT2D eigenvalue weighted by Gasteiger charge is 2.19. The molecule has 0 unspecified atom stereocenters. The molecule has 1 N–H and O–H groups in total. The molecule has 1 aromatic rings. The molecule has 1 fully saturated rings. The van der Waals surface area contributed by atoms with Gasteiger partial charge < -0.3 is 10.2 Å². The summed E-state index contributed by atoms with van der Waals surface area (Å²) in [4.78, 5) is 16.8. The summed E-state index contributed by atoms with van der Waals surface area (Å²) in [6.45, 7) is 7.27. The lowest BCUT2D eigenvalue weighted by Crippen LogP contribution is -2.51. The maximum absolute atomic E-state index is 12.0. The Labute approximate surface area is 138 Å². The van der Waals surface area contributed by atoms with Gasteiger partial charge in [0.25, 0.3) is 0 Å². The van der Waals surface area contributed by atoms with Gasteiger partial charge in [-0.25, -0.2) is 0 Å². The van der Waals surface area contributed by atoms with E-state index in [1.807, 2.05) is 24.3 Å². The quantitative estimate of drug-likeness (QED) is 0.870. The SMILES string of the molecule is C[C@H](CNC(=O)CCc1cccc(Cl)c1)N1CCN(C)CC1. The van der Waals surface area contributed by atoms with Crippen molar-refractivity contribution >= 4 is 17.5 Å². The van der Waals surface area contributed by atoms with Gasteiger partial charge in [-0.1, -0.05) is 23.7 Å². The fourth-order valence-electron chi connectivity index (χ4n) is 2.69. The monoisotopic (exact) mass is 323 g/mol. The molecule has 0 aliphatic carbocycles. The first kappa shape index (κ1) is 17.3. The van der Waals surface area contributed by atoms with Crippen LogP contribution in [0, 0.1) is 0 Å². The summed E-state index contributed by atoms with van der Waals surface area (Å²) in [7, 11) is 2.15. The predicted octanol–water partition coefficient (Wildman–Crippen LogP) is 2.02. The lowest BCUT2D eigenvalue weighted by molar-refractivity contribution is -0.121. The van der Waals surface area contributed by atoms with Crippen molar-refractivity contribution in [3.63, 3.8) is 0 Å². The second-order valence-corrected chi connectivity index (χ2v) is 6.56. The summed E-state index contributed by atoms with van der Waals surface area (Å²) in [5.41, 5.74) is 1.11. The summed E-state index contributed by atoms with van der Waals surface area (Å²) in [5.74, 6) is 0.112. The number of nitrogens with one attached hydrogen (secondary N) is 1. The topological polar surface area (TPSA) is 35.6 Å². The van der Waals surface area contributed by atoms with Crippen molar-refractivity contribution < 1.29 is 4.79 Å². The van der Waals surface area contributed by atoms with E-state index in [0.717, 1.165) is 49.7 Å². The van der Waals surface area contributed by atoms with Gasteiger partial charge in [0.15, 0.2) is 0 Å². The van der Waals surface area contributed by atoms with Gasteiger partial charge in [-0.05, 0) is 38.1 Å². The second kappa shape index (κ2) is 8.51. The average Bonchev–Trinajstić information content (AvgIpc) is 2.51. The molecule has 0 aromatic heterocycles. The number of halogens is 1. The molecule has 1 aromatic carbocycles. The van der Waals surface area contributed by atoms with Gasteiger partial charge >= 0.3 is 0 Å². The molecule has 0 saturated carbocycles. The number of piperazine rings is 1. The molecule has 1 aliphatic rings. The van der Waals surface area contributed by atoms with Crippen LogP contribution in [0.2, 0.25) is 5.02 Å². The van der Waals surface area contributed by atoms with Gasteiger partial charge in [0.2, 0.25) is 5.91 Å². The van der Waals surface area contributed by atoms with Crippen LogP contribution in [0.1, 0.15) is 18.9 Å². The number of likely N-dealkylation sites (N-methyl/N-ethyl adjacent to an activating group) is 1. The van der Waals surface area contributed by atoms with Gasteiger partial charge in [0, 0.05) is 50.2 Å². The van der Waals surface area contributed by atoms with Crippen LogP contribution >= 0.6 is 11.6 Å². The molecular formula is C17H26ClN3O. The summed E-state index contributed by atoms with van der Waals surface area (Å²) in [6.07, 6.45) is 1.24. The summed E-state index contributed by atoms with van der Waals surface area (Å²) >= 11 is 5.95. The van der Waals surface area contributed by atoms with Crippen molar-refractivity contribution in [2.24, 2.45) is 0 Å². The Morgan fingerprint density at radius 1 is 1.32 bits per heavy atom. The van der Waals surface area contributed by atoms with Crippen molar-refractivity contribution in [2.75, 3.05) is 39.8 Å². The van der Waals surface area contributed by atoms with Gasteiger partial charge in [-0.3, -0.25) is 9.69 Å². The first-order valence-corrected chi connectivity index (χ1v) is 8.36. The smallest absolute Gasteiger partial charge is 0.220 e. The Balaban J connectivity index is 1.67. The molecule has 0 bridgehead atoms. The largest absolute Gasteiger partial charge is 0.355 e. The minimum absolute atomic E-state index is 0.112. The fourth-order valence-corrected chi connectivity index (χ4v) is 2.90. The molecule has 1 amide bonds. The highest BCUT2D eigenvalue weighted by molar-refractivity contribution is 6.30. The van der Waals surface area contributed by atoms with Gasteiger partial charge in [0.1, 0.15) is 0 Å². The van der Waals surface area contributed by atoms with Gasteiger partial charge in [-0.2, -0.15) is 0 Å². The van der Waals surface area contributed by atoms with Crippen LogP contribution in [-0.4, -0.2) is 61.5 Å². The summed E-state index contributed by atoms with van der Waals surface area (Å²) in [6, 6.07) is 8.09. The number of benzene rings is 1. The zero-order valence-corrected chi connectivity index (χ0v) is 14.3. The van der Waals surface area contributed by atoms with Crippen LogP contribution in [0.5, 0.6) is 0 Å². The number of hydrogen-bond acceptors (Lipinski definition) is 3. The minimum atomic E-state index is 0.112. The zero-order chi connectivity index (χ0) is 15.9. The van der Waals surface area contributed by atoms with E-state index < -0.39 is 0 Å². The number of carbonyl (C=O) groups excluding carboxylic acids is 1. The third kappa shape index (κ3) is 5.59. The summed E-state index contributed by atoms with van der Waals surface area (Å²) in [5, 5.41) is 3.77. The molecule has 4 nitrogen and oxygen atoms in total. The maximum Gasteiger partial charge on any atom is 0.220 e. The average molecular weight is 324 g/mol. The van der Waals surface area contributed by atoms with E-state index in [4.69, 9.17) is 11.6 Å². The van der Waals surface area contributed by atoms with E-state index in [1.165, 1.54) is 0 Å². The fraction of sp³-hybridized carbons (Fsp3) is 0.588. The van der Waals surface area contributed by atoms with Crippen LogP contribution in [0.25, 0.3) is 0 Å². The molecule has 5 heteroatoms. The van der Waals surface area contributed by atoms with E-state index in [9.17, 15) is 4.79 Å². The number of aryl methyl sites for hydroxylation is 1. The molecule has 2 rings (SSSR count). The zero-order valence-electron chi connectivity index (χ0n) is 13.5.